The normalized spacial score (nSPS) is 12.7. The molecule has 1 heterocycles. The average molecular weight is 300 g/mol. The Morgan fingerprint density at radius 2 is 1.89 bits per heavy atom. The lowest BCUT2D eigenvalue weighted by Gasteiger charge is -2.12. The summed E-state index contributed by atoms with van der Waals surface area (Å²) in [4.78, 5) is 12.0. The van der Waals surface area contributed by atoms with E-state index in [0.717, 1.165) is 21.2 Å². The van der Waals surface area contributed by atoms with E-state index >= 15 is 0 Å². The van der Waals surface area contributed by atoms with Gasteiger partial charge in [-0.25, -0.2) is 12.7 Å². The van der Waals surface area contributed by atoms with E-state index < -0.39 is 10.0 Å². The lowest BCUT2D eigenvalue weighted by molar-refractivity contribution is 0.521. The first-order chi connectivity index (χ1) is 8.75. The smallest absolute Gasteiger partial charge is 0.296 e. The molecule has 0 aliphatic carbocycles. The number of aromatic nitrogens is 1. The molecular weight excluding hydrogens is 284 g/mol. The lowest BCUT2D eigenvalue weighted by Crippen LogP contribution is -2.22. The van der Waals surface area contributed by atoms with Crippen LogP contribution in [0.2, 0.25) is 0 Å². The fraction of sp³-hybridized carbons (Fsp3) is 0.417. The van der Waals surface area contributed by atoms with Crippen LogP contribution < -0.4 is 4.87 Å². The largest absolute Gasteiger partial charge is 0.308 e. The average Bonchev–Trinajstić information content (AvgIpc) is 2.63. The van der Waals surface area contributed by atoms with E-state index in [1.54, 1.807) is 22.8 Å². The molecule has 104 valence electrons. The second-order valence-electron chi connectivity index (χ2n) is 4.75. The third-order valence-corrected chi connectivity index (χ3v) is 5.61. The van der Waals surface area contributed by atoms with Crippen LogP contribution in [0.15, 0.2) is 27.9 Å². The number of benzene rings is 1. The van der Waals surface area contributed by atoms with E-state index in [0.29, 0.717) is 4.70 Å². The number of rotatable bonds is 3. The molecule has 0 fully saturated rings. The summed E-state index contributed by atoms with van der Waals surface area (Å²) in [5.41, 5.74) is 0.780. The van der Waals surface area contributed by atoms with E-state index in [9.17, 15) is 13.2 Å². The number of sulfonamides is 1. The summed E-state index contributed by atoms with van der Waals surface area (Å²) in [6, 6.07) is 4.86. The molecule has 0 spiro atoms. The zero-order valence-electron chi connectivity index (χ0n) is 11.2. The molecule has 0 aliphatic rings. The van der Waals surface area contributed by atoms with Gasteiger partial charge in [-0.2, -0.15) is 0 Å². The van der Waals surface area contributed by atoms with Gasteiger partial charge >= 0.3 is 4.87 Å². The zero-order chi connectivity index (χ0) is 14.4. The molecule has 5 nitrogen and oxygen atoms in total. The van der Waals surface area contributed by atoms with Crippen LogP contribution in [0, 0.1) is 0 Å². The second-order valence-corrected chi connectivity index (χ2v) is 7.89. The number of nitrogens with zero attached hydrogens (tertiary/aromatic N) is 2. The summed E-state index contributed by atoms with van der Waals surface area (Å²) in [6.45, 7) is 3.86. The van der Waals surface area contributed by atoms with Crippen LogP contribution in [0.4, 0.5) is 0 Å². The van der Waals surface area contributed by atoms with Gasteiger partial charge in [0.05, 0.1) is 15.1 Å². The third kappa shape index (κ3) is 2.33. The van der Waals surface area contributed by atoms with E-state index in [4.69, 9.17) is 0 Å². The molecule has 0 bridgehead atoms. The fourth-order valence-electron chi connectivity index (χ4n) is 1.88. The van der Waals surface area contributed by atoms with Crippen molar-refractivity contribution in [2.75, 3.05) is 14.1 Å². The monoisotopic (exact) mass is 300 g/mol. The van der Waals surface area contributed by atoms with Crippen molar-refractivity contribution in [3.8, 4) is 0 Å². The van der Waals surface area contributed by atoms with Crippen LogP contribution in [-0.2, 0) is 10.0 Å². The molecule has 1 aromatic heterocycles. The third-order valence-electron chi connectivity index (χ3n) is 2.88. The molecule has 19 heavy (non-hydrogen) atoms. The van der Waals surface area contributed by atoms with Crippen LogP contribution in [0.3, 0.4) is 0 Å². The first-order valence-corrected chi connectivity index (χ1v) is 8.08. The van der Waals surface area contributed by atoms with Crippen molar-refractivity contribution in [1.82, 2.24) is 8.87 Å². The summed E-state index contributed by atoms with van der Waals surface area (Å²) in [5, 5.41) is 0. The maximum atomic E-state index is 12.0. The van der Waals surface area contributed by atoms with Crippen LogP contribution >= 0.6 is 11.3 Å². The van der Waals surface area contributed by atoms with Gasteiger partial charge in [0, 0.05) is 20.1 Å². The maximum absolute atomic E-state index is 12.0. The molecule has 2 aromatic rings. The molecule has 0 N–H and O–H groups in total. The molecule has 0 radical (unpaired) electrons. The predicted octanol–water partition coefficient (Wildman–Crippen LogP) is 1.89. The van der Waals surface area contributed by atoms with Crippen molar-refractivity contribution in [1.29, 1.82) is 0 Å². The summed E-state index contributed by atoms with van der Waals surface area (Å²) < 4.78 is 27.6. The minimum atomic E-state index is -3.46. The SMILES string of the molecule is CC(C)n1c(=O)sc2cc(S(=O)(=O)N(C)C)ccc21. The molecule has 0 aliphatic heterocycles. The zero-order valence-corrected chi connectivity index (χ0v) is 12.9. The van der Waals surface area contributed by atoms with Gasteiger partial charge in [0.2, 0.25) is 10.0 Å². The first kappa shape index (κ1) is 14.2. The molecule has 0 atom stereocenters. The quantitative estimate of drug-likeness (QED) is 0.870. The topological polar surface area (TPSA) is 59.4 Å². The van der Waals surface area contributed by atoms with Crippen molar-refractivity contribution in [2.24, 2.45) is 0 Å². The minimum absolute atomic E-state index is 0.0533. The molecule has 0 saturated carbocycles. The molecule has 7 heteroatoms. The van der Waals surface area contributed by atoms with Gasteiger partial charge in [0.1, 0.15) is 0 Å². The van der Waals surface area contributed by atoms with Gasteiger partial charge in [-0.05, 0) is 32.0 Å². The lowest BCUT2D eigenvalue weighted by atomic mass is 10.3. The fourth-order valence-corrected chi connectivity index (χ4v) is 3.93. The van der Waals surface area contributed by atoms with E-state index in [-0.39, 0.29) is 15.8 Å². The standard InChI is InChI=1S/C12H16N2O3S2/c1-8(2)14-10-6-5-9(19(16,17)13(3)4)7-11(10)18-12(14)15/h5-8H,1-4H3. The highest BCUT2D eigenvalue weighted by Crippen LogP contribution is 2.24. The summed E-state index contributed by atoms with van der Waals surface area (Å²) in [7, 11) is -0.489. The molecule has 2 rings (SSSR count). The van der Waals surface area contributed by atoms with E-state index in [2.05, 4.69) is 0 Å². The number of hydrogen-bond acceptors (Lipinski definition) is 4. The predicted molar refractivity (Wildman–Crippen MR) is 77.3 cm³/mol. The Labute approximate surface area is 116 Å². The van der Waals surface area contributed by atoms with Crippen LogP contribution in [-0.4, -0.2) is 31.4 Å². The molecule has 0 unspecified atom stereocenters. The van der Waals surface area contributed by atoms with Crippen molar-refractivity contribution in [3.63, 3.8) is 0 Å². The number of thiazole rings is 1. The maximum Gasteiger partial charge on any atom is 0.308 e. The highest BCUT2D eigenvalue weighted by molar-refractivity contribution is 7.89. The van der Waals surface area contributed by atoms with Crippen LogP contribution in [0.1, 0.15) is 19.9 Å². The minimum Gasteiger partial charge on any atom is -0.296 e. The van der Waals surface area contributed by atoms with E-state index in [1.165, 1.54) is 14.1 Å². The number of hydrogen-bond donors (Lipinski definition) is 0. The van der Waals surface area contributed by atoms with Crippen molar-refractivity contribution in [3.05, 3.63) is 27.9 Å². The van der Waals surface area contributed by atoms with E-state index in [1.807, 2.05) is 13.8 Å². The highest BCUT2D eigenvalue weighted by Gasteiger charge is 2.19. The van der Waals surface area contributed by atoms with Gasteiger partial charge < -0.3 is 0 Å². The summed E-state index contributed by atoms with van der Waals surface area (Å²) >= 11 is 1.07. The van der Waals surface area contributed by atoms with Crippen molar-refractivity contribution in [2.45, 2.75) is 24.8 Å². The van der Waals surface area contributed by atoms with Gasteiger partial charge in [-0.15, -0.1) is 0 Å². The van der Waals surface area contributed by atoms with Gasteiger partial charge in [-0.3, -0.25) is 9.36 Å². The van der Waals surface area contributed by atoms with Gasteiger partial charge in [-0.1, -0.05) is 11.3 Å². The molecule has 0 saturated heterocycles. The highest BCUT2D eigenvalue weighted by atomic mass is 32.2. The van der Waals surface area contributed by atoms with Gasteiger partial charge in [0.25, 0.3) is 0 Å². The van der Waals surface area contributed by atoms with Crippen LogP contribution in [0.5, 0.6) is 0 Å². The Morgan fingerprint density at radius 3 is 2.42 bits per heavy atom. The Kier molecular flexibility index (Phi) is 3.55. The molecule has 1 aromatic carbocycles. The van der Waals surface area contributed by atoms with Crippen molar-refractivity contribution < 1.29 is 8.42 Å². The van der Waals surface area contributed by atoms with Gasteiger partial charge in [0.15, 0.2) is 0 Å². The molecular formula is C12H16N2O3S2. The second kappa shape index (κ2) is 4.73. The Hall–Kier alpha value is -1.18. The Balaban J connectivity index is 2.71. The first-order valence-electron chi connectivity index (χ1n) is 5.82. The van der Waals surface area contributed by atoms with Crippen LogP contribution in [0.25, 0.3) is 10.2 Å². The summed E-state index contributed by atoms with van der Waals surface area (Å²) in [5.74, 6) is 0. The molecule has 0 amide bonds. The van der Waals surface area contributed by atoms with Crippen molar-refractivity contribution >= 4 is 31.6 Å². The number of fused-ring (bicyclic) bond motifs is 1. The Bertz CT molecular complexity index is 770. The Morgan fingerprint density at radius 1 is 1.26 bits per heavy atom. The summed E-state index contributed by atoms with van der Waals surface area (Å²) in [6.07, 6.45) is 0.